The molecule has 0 aliphatic carbocycles. The van der Waals surface area contributed by atoms with Crippen LogP contribution in [0.1, 0.15) is 38.3 Å². The molecule has 0 spiro atoms. The Labute approximate surface area is 141 Å². The number of piperidine rings is 1. The fraction of sp³-hybridized carbons (Fsp3) is 0.471. The van der Waals surface area contributed by atoms with E-state index in [2.05, 4.69) is 25.3 Å². The zero-order valence-corrected chi connectivity index (χ0v) is 14.0. The lowest BCUT2D eigenvalue weighted by atomic mass is 9.93. The van der Waals surface area contributed by atoms with Crippen molar-refractivity contribution in [3.8, 4) is 0 Å². The molecule has 24 heavy (non-hydrogen) atoms. The lowest BCUT2D eigenvalue weighted by Crippen LogP contribution is -2.41. The van der Waals surface area contributed by atoms with Gasteiger partial charge in [0.05, 0.1) is 5.69 Å². The van der Waals surface area contributed by atoms with Crippen LogP contribution in [0.3, 0.4) is 0 Å². The molecule has 1 amide bonds. The molecule has 1 saturated heterocycles. The first-order chi connectivity index (χ1) is 11.6. The topological polar surface area (TPSA) is 83.9 Å². The van der Waals surface area contributed by atoms with E-state index in [9.17, 15) is 4.79 Å². The van der Waals surface area contributed by atoms with Crippen LogP contribution >= 0.6 is 0 Å². The summed E-state index contributed by atoms with van der Waals surface area (Å²) in [6, 6.07) is 1.76. The minimum Gasteiger partial charge on any atom is -0.342 e. The third kappa shape index (κ3) is 3.67. The van der Waals surface area contributed by atoms with Crippen LogP contribution in [0.2, 0.25) is 0 Å². The number of aromatic nitrogens is 4. The van der Waals surface area contributed by atoms with E-state index in [0.29, 0.717) is 18.3 Å². The highest BCUT2D eigenvalue weighted by molar-refractivity contribution is 5.78. The Hall–Kier alpha value is -2.57. The molecule has 126 valence electrons. The van der Waals surface area contributed by atoms with Crippen LogP contribution in [0.4, 0.5) is 11.8 Å². The molecule has 3 rings (SSSR count). The van der Waals surface area contributed by atoms with Gasteiger partial charge in [0.1, 0.15) is 0 Å². The maximum Gasteiger partial charge on any atom is 0.228 e. The molecule has 1 fully saturated rings. The Bertz CT molecular complexity index is 690. The van der Waals surface area contributed by atoms with Crippen LogP contribution in [0.5, 0.6) is 0 Å². The molecular weight excluding hydrogens is 304 g/mol. The SMILES string of the molecule is CC(C)C(=O)N1CCC[C@@H](c2nccnc2Nc2ncccn2)C1. The van der Waals surface area contributed by atoms with E-state index in [1.54, 1.807) is 30.9 Å². The highest BCUT2D eigenvalue weighted by atomic mass is 16.2. The van der Waals surface area contributed by atoms with Crippen molar-refractivity contribution in [2.45, 2.75) is 32.6 Å². The Kier molecular flexibility index (Phi) is 4.98. The zero-order chi connectivity index (χ0) is 16.9. The van der Waals surface area contributed by atoms with Gasteiger partial charge in [-0.15, -0.1) is 0 Å². The Morgan fingerprint density at radius 2 is 1.92 bits per heavy atom. The number of anilines is 2. The predicted molar refractivity (Wildman–Crippen MR) is 90.7 cm³/mol. The quantitative estimate of drug-likeness (QED) is 0.928. The summed E-state index contributed by atoms with van der Waals surface area (Å²) in [4.78, 5) is 31.5. The molecule has 1 aliphatic heterocycles. The Morgan fingerprint density at radius 3 is 2.67 bits per heavy atom. The first-order valence-corrected chi connectivity index (χ1v) is 8.29. The fourth-order valence-electron chi connectivity index (χ4n) is 2.98. The average Bonchev–Trinajstić information content (AvgIpc) is 2.62. The number of nitrogens with zero attached hydrogens (tertiary/aromatic N) is 5. The number of rotatable bonds is 4. The number of amides is 1. The molecule has 0 saturated carbocycles. The van der Waals surface area contributed by atoms with Crippen molar-refractivity contribution >= 4 is 17.7 Å². The first kappa shape index (κ1) is 16.3. The molecule has 3 heterocycles. The van der Waals surface area contributed by atoms with E-state index in [1.165, 1.54) is 0 Å². The van der Waals surface area contributed by atoms with Crippen LogP contribution in [0.15, 0.2) is 30.9 Å². The molecule has 0 bridgehead atoms. The van der Waals surface area contributed by atoms with Gasteiger partial charge in [-0.2, -0.15) is 0 Å². The Morgan fingerprint density at radius 1 is 1.17 bits per heavy atom. The third-order valence-electron chi connectivity index (χ3n) is 4.14. The smallest absolute Gasteiger partial charge is 0.228 e. The summed E-state index contributed by atoms with van der Waals surface area (Å²) in [6.07, 6.45) is 8.65. The second-order valence-electron chi connectivity index (χ2n) is 6.27. The summed E-state index contributed by atoms with van der Waals surface area (Å²) in [5, 5.41) is 3.14. The summed E-state index contributed by atoms with van der Waals surface area (Å²) in [5.41, 5.74) is 0.867. The van der Waals surface area contributed by atoms with Gasteiger partial charge in [0.25, 0.3) is 0 Å². The van der Waals surface area contributed by atoms with Crippen LogP contribution in [-0.4, -0.2) is 43.8 Å². The summed E-state index contributed by atoms with van der Waals surface area (Å²) in [6.45, 7) is 5.38. The van der Waals surface area contributed by atoms with Crippen molar-refractivity contribution < 1.29 is 4.79 Å². The number of nitrogens with one attached hydrogen (secondary N) is 1. The normalized spacial score (nSPS) is 17.8. The second-order valence-corrected chi connectivity index (χ2v) is 6.27. The minimum absolute atomic E-state index is 0.0147. The number of hydrogen-bond acceptors (Lipinski definition) is 6. The number of carbonyl (C=O) groups excluding carboxylic acids is 1. The van der Waals surface area contributed by atoms with Gasteiger partial charge in [0, 0.05) is 49.7 Å². The largest absolute Gasteiger partial charge is 0.342 e. The van der Waals surface area contributed by atoms with Crippen molar-refractivity contribution in [2.24, 2.45) is 5.92 Å². The molecule has 1 atom stereocenters. The van der Waals surface area contributed by atoms with Gasteiger partial charge in [0.15, 0.2) is 5.82 Å². The standard InChI is InChI=1S/C17H22N6O/c1-12(2)16(24)23-10-3-5-13(11-23)14-15(19-9-8-18-14)22-17-20-6-4-7-21-17/h4,6-9,12-13H,3,5,10-11H2,1-2H3,(H,19,20,21,22)/t13-/m1/s1. The van der Waals surface area contributed by atoms with Gasteiger partial charge >= 0.3 is 0 Å². The van der Waals surface area contributed by atoms with Crippen LogP contribution in [0, 0.1) is 5.92 Å². The van der Waals surface area contributed by atoms with E-state index < -0.39 is 0 Å². The number of likely N-dealkylation sites (tertiary alicyclic amines) is 1. The van der Waals surface area contributed by atoms with Crippen molar-refractivity contribution in [2.75, 3.05) is 18.4 Å². The summed E-state index contributed by atoms with van der Waals surface area (Å²) in [7, 11) is 0. The molecule has 7 heteroatoms. The van der Waals surface area contributed by atoms with Gasteiger partial charge in [-0.3, -0.25) is 9.78 Å². The molecule has 1 aliphatic rings. The minimum atomic E-state index is 0.0147. The molecule has 2 aromatic rings. The molecule has 0 unspecified atom stereocenters. The molecule has 7 nitrogen and oxygen atoms in total. The molecule has 0 radical (unpaired) electrons. The van der Waals surface area contributed by atoms with Gasteiger partial charge < -0.3 is 10.2 Å². The van der Waals surface area contributed by atoms with E-state index in [0.717, 1.165) is 25.1 Å². The van der Waals surface area contributed by atoms with E-state index in [1.807, 2.05) is 18.7 Å². The van der Waals surface area contributed by atoms with Crippen molar-refractivity contribution in [3.63, 3.8) is 0 Å². The lowest BCUT2D eigenvalue weighted by molar-refractivity contribution is -0.135. The maximum atomic E-state index is 12.3. The van der Waals surface area contributed by atoms with Gasteiger partial charge in [-0.05, 0) is 18.9 Å². The summed E-state index contributed by atoms with van der Waals surface area (Å²) >= 11 is 0. The van der Waals surface area contributed by atoms with E-state index in [4.69, 9.17) is 0 Å². The van der Waals surface area contributed by atoms with Crippen molar-refractivity contribution in [1.82, 2.24) is 24.8 Å². The van der Waals surface area contributed by atoms with Gasteiger partial charge in [-0.25, -0.2) is 15.0 Å². The zero-order valence-electron chi connectivity index (χ0n) is 14.0. The lowest BCUT2D eigenvalue weighted by Gasteiger charge is -2.34. The van der Waals surface area contributed by atoms with E-state index in [-0.39, 0.29) is 17.7 Å². The number of carbonyl (C=O) groups is 1. The fourth-order valence-corrected chi connectivity index (χ4v) is 2.98. The number of hydrogen-bond donors (Lipinski definition) is 1. The van der Waals surface area contributed by atoms with Gasteiger partial charge in [-0.1, -0.05) is 13.8 Å². The highest BCUT2D eigenvalue weighted by Crippen LogP contribution is 2.30. The predicted octanol–water partition coefficient (Wildman–Crippen LogP) is 2.37. The van der Waals surface area contributed by atoms with Gasteiger partial charge in [0.2, 0.25) is 11.9 Å². The monoisotopic (exact) mass is 326 g/mol. The third-order valence-corrected chi connectivity index (χ3v) is 4.14. The van der Waals surface area contributed by atoms with E-state index >= 15 is 0 Å². The van der Waals surface area contributed by atoms with Crippen molar-refractivity contribution in [1.29, 1.82) is 0 Å². The molecular formula is C17H22N6O. The van der Waals surface area contributed by atoms with Crippen LogP contribution < -0.4 is 5.32 Å². The first-order valence-electron chi connectivity index (χ1n) is 8.29. The summed E-state index contributed by atoms with van der Waals surface area (Å²) < 4.78 is 0. The Balaban J connectivity index is 1.80. The second kappa shape index (κ2) is 7.33. The maximum absolute atomic E-state index is 12.3. The summed E-state index contributed by atoms with van der Waals surface area (Å²) in [5.74, 6) is 1.53. The van der Waals surface area contributed by atoms with Crippen LogP contribution in [0.25, 0.3) is 0 Å². The average molecular weight is 326 g/mol. The van der Waals surface area contributed by atoms with Crippen LogP contribution in [-0.2, 0) is 4.79 Å². The molecule has 0 aromatic carbocycles. The molecule has 2 aromatic heterocycles. The molecule has 1 N–H and O–H groups in total. The highest BCUT2D eigenvalue weighted by Gasteiger charge is 2.28. The van der Waals surface area contributed by atoms with Crippen molar-refractivity contribution in [3.05, 3.63) is 36.5 Å².